The van der Waals surface area contributed by atoms with Crippen molar-refractivity contribution in [3.05, 3.63) is 33.7 Å². The molecule has 2 aromatic rings. The predicted molar refractivity (Wildman–Crippen MR) is 65.2 cm³/mol. The number of nitrogens with zero attached hydrogens (tertiary/aromatic N) is 2. The van der Waals surface area contributed by atoms with E-state index in [2.05, 4.69) is 31.4 Å². The van der Waals surface area contributed by atoms with Gasteiger partial charge in [0.2, 0.25) is 5.13 Å². The van der Waals surface area contributed by atoms with Crippen LogP contribution in [0.15, 0.2) is 28.7 Å². The van der Waals surface area contributed by atoms with E-state index >= 15 is 0 Å². The zero-order valence-electron chi connectivity index (χ0n) is 7.77. The maximum atomic E-state index is 5.45. The Morgan fingerprint density at radius 3 is 2.60 bits per heavy atom. The Bertz CT molecular complexity index is 440. The quantitative estimate of drug-likeness (QED) is 0.909. The fourth-order valence-electron chi connectivity index (χ4n) is 1.04. The van der Waals surface area contributed by atoms with Crippen LogP contribution in [-0.2, 0) is 6.54 Å². The number of nitrogens with one attached hydrogen (secondary N) is 1. The average Bonchev–Trinajstić information content (AvgIpc) is 2.69. The van der Waals surface area contributed by atoms with Gasteiger partial charge < -0.3 is 11.1 Å². The van der Waals surface area contributed by atoms with E-state index in [0.29, 0.717) is 6.54 Å². The minimum atomic E-state index is 0.430. The summed E-state index contributed by atoms with van der Waals surface area (Å²) in [4.78, 5) is 0. The van der Waals surface area contributed by atoms with Crippen molar-refractivity contribution in [2.24, 2.45) is 5.73 Å². The minimum absolute atomic E-state index is 0.430. The summed E-state index contributed by atoms with van der Waals surface area (Å²) >= 11 is 4.84. The van der Waals surface area contributed by atoms with Crippen molar-refractivity contribution < 1.29 is 0 Å². The number of hydrogen-bond donors (Lipinski definition) is 2. The molecule has 6 heteroatoms. The first-order valence-electron chi connectivity index (χ1n) is 4.33. The molecule has 0 amide bonds. The fourth-order valence-corrected chi connectivity index (χ4v) is 1.95. The van der Waals surface area contributed by atoms with Gasteiger partial charge >= 0.3 is 0 Å². The zero-order chi connectivity index (χ0) is 10.7. The van der Waals surface area contributed by atoms with E-state index in [4.69, 9.17) is 5.73 Å². The highest BCUT2D eigenvalue weighted by Gasteiger charge is 2.02. The van der Waals surface area contributed by atoms with Crippen LogP contribution in [0.4, 0.5) is 10.8 Å². The average molecular weight is 285 g/mol. The summed E-state index contributed by atoms with van der Waals surface area (Å²) in [7, 11) is 0. The lowest BCUT2D eigenvalue weighted by molar-refractivity contribution is 0.960. The Labute approximate surface area is 99.7 Å². The Morgan fingerprint density at radius 2 is 2.00 bits per heavy atom. The van der Waals surface area contributed by atoms with Crippen molar-refractivity contribution in [3.8, 4) is 0 Å². The van der Waals surface area contributed by atoms with Gasteiger partial charge in [-0.1, -0.05) is 27.3 Å². The monoisotopic (exact) mass is 284 g/mol. The molecule has 15 heavy (non-hydrogen) atoms. The smallest absolute Gasteiger partial charge is 0.210 e. The molecule has 1 aromatic carbocycles. The van der Waals surface area contributed by atoms with Crippen LogP contribution in [0.25, 0.3) is 0 Å². The van der Waals surface area contributed by atoms with Gasteiger partial charge in [0.05, 0.1) is 0 Å². The number of rotatable bonds is 3. The van der Waals surface area contributed by atoms with Gasteiger partial charge in [0.1, 0.15) is 5.01 Å². The highest BCUT2D eigenvalue weighted by Crippen LogP contribution is 2.21. The van der Waals surface area contributed by atoms with Crippen molar-refractivity contribution in [3.63, 3.8) is 0 Å². The molecular formula is C9H9BrN4S. The molecule has 78 valence electrons. The summed E-state index contributed by atoms with van der Waals surface area (Å²) < 4.78 is 1.05. The van der Waals surface area contributed by atoms with Crippen LogP contribution in [0, 0.1) is 0 Å². The number of hydrogen-bond acceptors (Lipinski definition) is 5. The Kier molecular flexibility index (Phi) is 3.30. The Hall–Kier alpha value is -0.980. The summed E-state index contributed by atoms with van der Waals surface area (Å²) in [6, 6.07) is 7.86. The highest BCUT2D eigenvalue weighted by atomic mass is 79.9. The third-order valence-corrected chi connectivity index (χ3v) is 3.13. The van der Waals surface area contributed by atoms with Crippen LogP contribution in [0.3, 0.4) is 0 Å². The van der Waals surface area contributed by atoms with Crippen LogP contribution >= 0.6 is 27.3 Å². The van der Waals surface area contributed by atoms with Crippen LogP contribution in [0.1, 0.15) is 5.01 Å². The lowest BCUT2D eigenvalue weighted by Crippen LogP contribution is -1.94. The predicted octanol–water partition coefficient (Wildman–Crippen LogP) is 2.50. The third-order valence-electron chi connectivity index (χ3n) is 1.74. The van der Waals surface area contributed by atoms with Crippen molar-refractivity contribution in [1.29, 1.82) is 0 Å². The maximum Gasteiger partial charge on any atom is 0.210 e. The molecule has 0 bridgehead atoms. The molecule has 1 aromatic heterocycles. The summed E-state index contributed by atoms with van der Waals surface area (Å²) in [5.41, 5.74) is 6.43. The van der Waals surface area contributed by atoms with Gasteiger partial charge in [-0.2, -0.15) is 0 Å². The van der Waals surface area contributed by atoms with E-state index < -0.39 is 0 Å². The van der Waals surface area contributed by atoms with E-state index in [1.807, 2.05) is 24.3 Å². The topological polar surface area (TPSA) is 63.8 Å². The van der Waals surface area contributed by atoms with E-state index in [1.54, 1.807) is 0 Å². The summed E-state index contributed by atoms with van der Waals surface area (Å²) in [5, 5.41) is 12.6. The molecular weight excluding hydrogens is 276 g/mol. The first kappa shape index (κ1) is 10.5. The number of nitrogens with two attached hydrogens (primary N) is 1. The molecule has 0 saturated carbocycles. The highest BCUT2D eigenvalue weighted by molar-refractivity contribution is 9.10. The molecule has 0 unspecified atom stereocenters. The lowest BCUT2D eigenvalue weighted by Gasteiger charge is -2.00. The molecule has 3 N–H and O–H groups in total. The third kappa shape index (κ3) is 2.74. The number of aromatic nitrogens is 2. The molecule has 4 nitrogen and oxygen atoms in total. The molecule has 0 spiro atoms. The molecule has 0 aliphatic heterocycles. The lowest BCUT2D eigenvalue weighted by atomic mass is 10.3. The second-order valence-electron chi connectivity index (χ2n) is 2.84. The second-order valence-corrected chi connectivity index (χ2v) is 4.81. The summed E-state index contributed by atoms with van der Waals surface area (Å²) in [5.74, 6) is 0. The largest absolute Gasteiger partial charge is 0.330 e. The van der Waals surface area contributed by atoms with Crippen molar-refractivity contribution in [1.82, 2.24) is 10.2 Å². The number of benzene rings is 1. The molecule has 0 aliphatic carbocycles. The van der Waals surface area contributed by atoms with Gasteiger partial charge in [0, 0.05) is 16.7 Å². The number of anilines is 2. The van der Waals surface area contributed by atoms with E-state index in [1.165, 1.54) is 11.3 Å². The summed E-state index contributed by atoms with van der Waals surface area (Å²) in [6.45, 7) is 0.430. The van der Waals surface area contributed by atoms with Crippen LogP contribution in [-0.4, -0.2) is 10.2 Å². The zero-order valence-corrected chi connectivity index (χ0v) is 10.2. The SMILES string of the molecule is NCc1nnc(Nc2ccc(Br)cc2)s1. The Morgan fingerprint density at radius 1 is 1.27 bits per heavy atom. The van der Waals surface area contributed by atoms with Crippen LogP contribution in [0.2, 0.25) is 0 Å². The van der Waals surface area contributed by atoms with Crippen molar-refractivity contribution in [2.75, 3.05) is 5.32 Å². The maximum absolute atomic E-state index is 5.45. The summed E-state index contributed by atoms with van der Waals surface area (Å²) in [6.07, 6.45) is 0. The van der Waals surface area contributed by atoms with Crippen LogP contribution < -0.4 is 11.1 Å². The van der Waals surface area contributed by atoms with Gasteiger partial charge in [0.25, 0.3) is 0 Å². The molecule has 0 atom stereocenters. The standard InChI is InChI=1S/C9H9BrN4S/c10-6-1-3-7(4-2-6)12-9-14-13-8(5-11)15-9/h1-4H,5,11H2,(H,12,14). The molecule has 0 aliphatic rings. The molecule has 1 heterocycles. The van der Waals surface area contributed by atoms with Crippen molar-refractivity contribution >= 4 is 38.1 Å². The van der Waals surface area contributed by atoms with Gasteiger partial charge in [-0.3, -0.25) is 0 Å². The number of halogens is 1. The van der Waals surface area contributed by atoms with Gasteiger partial charge in [-0.25, -0.2) is 0 Å². The van der Waals surface area contributed by atoms with E-state index in [-0.39, 0.29) is 0 Å². The van der Waals surface area contributed by atoms with Gasteiger partial charge in [-0.05, 0) is 24.3 Å². The second kappa shape index (κ2) is 4.69. The first-order valence-corrected chi connectivity index (χ1v) is 5.94. The first-order chi connectivity index (χ1) is 7.28. The minimum Gasteiger partial charge on any atom is -0.330 e. The normalized spacial score (nSPS) is 10.3. The molecule has 2 rings (SSSR count). The van der Waals surface area contributed by atoms with Gasteiger partial charge in [0.15, 0.2) is 0 Å². The van der Waals surface area contributed by atoms with E-state index in [9.17, 15) is 0 Å². The Balaban J connectivity index is 2.11. The molecule has 0 saturated heterocycles. The van der Waals surface area contributed by atoms with Crippen molar-refractivity contribution in [2.45, 2.75) is 6.54 Å². The molecule has 0 radical (unpaired) electrons. The molecule has 0 fully saturated rings. The fraction of sp³-hybridized carbons (Fsp3) is 0.111. The van der Waals surface area contributed by atoms with Crippen LogP contribution in [0.5, 0.6) is 0 Å². The van der Waals surface area contributed by atoms with E-state index in [0.717, 1.165) is 20.3 Å². The van der Waals surface area contributed by atoms with Gasteiger partial charge in [-0.15, -0.1) is 10.2 Å².